The zero-order valence-corrected chi connectivity index (χ0v) is 28.4. The van der Waals surface area contributed by atoms with Gasteiger partial charge in [-0.3, -0.25) is 13.9 Å². The zero-order chi connectivity index (χ0) is 32.4. The summed E-state index contributed by atoms with van der Waals surface area (Å²) in [5.41, 5.74) is 3.74. The van der Waals surface area contributed by atoms with Crippen LogP contribution in [0.5, 0.6) is 0 Å². The highest BCUT2D eigenvalue weighted by molar-refractivity contribution is 9.10. The molecule has 1 atom stereocenters. The molecule has 45 heavy (non-hydrogen) atoms. The molecule has 0 saturated carbocycles. The van der Waals surface area contributed by atoms with Gasteiger partial charge in [-0.2, -0.15) is 0 Å². The van der Waals surface area contributed by atoms with Crippen LogP contribution in [-0.4, -0.2) is 44.3 Å². The largest absolute Gasteiger partial charge is 0.354 e. The number of amides is 2. The fourth-order valence-corrected chi connectivity index (χ4v) is 6.78. The van der Waals surface area contributed by atoms with Crippen molar-refractivity contribution in [2.24, 2.45) is 0 Å². The minimum Gasteiger partial charge on any atom is -0.354 e. The number of unbranched alkanes of at least 4 members (excludes halogenated alkanes) is 1. The number of hydrogen-bond donors (Lipinski definition) is 1. The SMILES string of the molecule is CCCCNC(=O)C(Cc1ccccc1)N(Cc1ccc(Br)cc1)C(=O)CN(c1ccccc1C)S(=O)(=O)c1ccc(C)cc1. The van der Waals surface area contributed by atoms with E-state index in [1.807, 2.05) is 87.5 Å². The van der Waals surface area contributed by atoms with Crippen LogP contribution >= 0.6 is 15.9 Å². The van der Waals surface area contributed by atoms with Gasteiger partial charge in [-0.15, -0.1) is 0 Å². The Bertz CT molecular complexity index is 1680. The number of nitrogens with zero attached hydrogens (tertiary/aromatic N) is 2. The first kappa shape index (κ1) is 33.9. The maximum Gasteiger partial charge on any atom is 0.264 e. The fraction of sp³-hybridized carbons (Fsp3) is 0.278. The van der Waals surface area contributed by atoms with Crippen LogP contribution in [0.3, 0.4) is 0 Å². The first-order chi connectivity index (χ1) is 21.6. The van der Waals surface area contributed by atoms with E-state index in [0.717, 1.165) is 34.0 Å². The second-order valence-corrected chi connectivity index (χ2v) is 13.9. The van der Waals surface area contributed by atoms with Crippen LogP contribution in [0.2, 0.25) is 0 Å². The van der Waals surface area contributed by atoms with Gasteiger partial charge in [0.1, 0.15) is 12.6 Å². The number of para-hydroxylation sites is 1. The molecule has 1 N–H and O–H groups in total. The predicted octanol–water partition coefficient (Wildman–Crippen LogP) is 6.82. The minimum absolute atomic E-state index is 0.0850. The van der Waals surface area contributed by atoms with Gasteiger partial charge in [-0.05, 0) is 67.3 Å². The van der Waals surface area contributed by atoms with Crippen molar-refractivity contribution in [1.29, 1.82) is 0 Å². The molecule has 0 radical (unpaired) electrons. The molecule has 2 amide bonds. The number of carbonyl (C=O) groups is 2. The highest BCUT2D eigenvalue weighted by atomic mass is 79.9. The standard InChI is InChI=1S/C36H40BrN3O4S/c1-4-5-23-38-36(42)34(24-29-12-7-6-8-13-29)39(25-30-17-19-31(37)20-18-30)35(41)26-40(33-14-10-9-11-28(33)3)45(43,44)32-21-15-27(2)16-22-32/h6-22,34H,4-5,23-26H2,1-3H3,(H,38,42). The Kier molecular flexibility index (Phi) is 12.0. The van der Waals surface area contributed by atoms with Gasteiger partial charge in [0.05, 0.1) is 10.6 Å². The monoisotopic (exact) mass is 689 g/mol. The molecule has 4 aromatic carbocycles. The van der Waals surface area contributed by atoms with Crippen LogP contribution < -0.4 is 9.62 Å². The summed E-state index contributed by atoms with van der Waals surface area (Å²) in [5.74, 6) is -0.759. The summed E-state index contributed by atoms with van der Waals surface area (Å²) in [6.45, 7) is 5.87. The number of hydrogen-bond acceptors (Lipinski definition) is 4. The average Bonchev–Trinajstić information content (AvgIpc) is 3.03. The molecule has 236 valence electrons. The first-order valence-corrected chi connectivity index (χ1v) is 17.3. The number of aryl methyl sites for hydroxylation is 2. The Hall–Kier alpha value is -3.95. The van der Waals surface area contributed by atoms with Gasteiger partial charge in [-0.25, -0.2) is 8.42 Å². The second kappa shape index (κ2) is 15.9. The van der Waals surface area contributed by atoms with E-state index >= 15 is 0 Å². The Morgan fingerprint density at radius 2 is 1.47 bits per heavy atom. The quantitative estimate of drug-likeness (QED) is 0.147. The number of nitrogens with one attached hydrogen (secondary N) is 1. The van der Waals surface area contributed by atoms with Gasteiger partial charge < -0.3 is 10.2 Å². The topological polar surface area (TPSA) is 86.8 Å². The lowest BCUT2D eigenvalue weighted by atomic mass is 10.0. The molecule has 7 nitrogen and oxygen atoms in total. The van der Waals surface area contributed by atoms with Gasteiger partial charge in [-0.1, -0.05) is 108 Å². The molecule has 0 aliphatic rings. The third-order valence-electron chi connectivity index (χ3n) is 7.64. The number of sulfonamides is 1. The van der Waals surface area contributed by atoms with Crippen molar-refractivity contribution in [2.45, 2.75) is 57.5 Å². The molecule has 9 heteroatoms. The summed E-state index contributed by atoms with van der Waals surface area (Å²) in [6, 6.07) is 29.9. The Morgan fingerprint density at radius 1 is 0.822 bits per heavy atom. The molecule has 1 unspecified atom stereocenters. The van der Waals surface area contributed by atoms with Crippen LogP contribution in [0, 0.1) is 13.8 Å². The van der Waals surface area contributed by atoms with E-state index in [4.69, 9.17) is 0 Å². The number of carbonyl (C=O) groups excluding carboxylic acids is 2. The van der Waals surface area contributed by atoms with E-state index in [1.54, 1.807) is 36.4 Å². The predicted molar refractivity (Wildman–Crippen MR) is 183 cm³/mol. The van der Waals surface area contributed by atoms with Crippen LogP contribution in [0.25, 0.3) is 0 Å². The molecular formula is C36H40BrN3O4S. The third kappa shape index (κ3) is 9.05. The molecule has 0 spiro atoms. The van der Waals surface area contributed by atoms with Crippen molar-refractivity contribution in [2.75, 3.05) is 17.4 Å². The van der Waals surface area contributed by atoms with Crippen LogP contribution in [0.15, 0.2) is 112 Å². The lowest BCUT2D eigenvalue weighted by Gasteiger charge is -2.34. The van der Waals surface area contributed by atoms with E-state index in [0.29, 0.717) is 17.8 Å². The number of halogens is 1. The highest BCUT2D eigenvalue weighted by Gasteiger charge is 2.35. The summed E-state index contributed by atoms with van der Waals surface area (Å²) in [5, 5.41) is 3.02. The molecule has 0 bridgehead atoms. The number of anilines is 1. The molecule has 0 saturated heterocycles. The lowest BCUT2D eigenvalue weighted by molar-refractivity contribution is -0.140. The van der Waals surface area contributed by atoms with E-state index in [9.17, 15) is 18.0 Å². The summed E-state index contributed by atoms with van der Waals surface area (Å²) in [6.07, 6.45) is 1.99. The summed E-state index contributed by atoms with van der Waals surface area (Å²) >= 11 is 3.47. The van der Waals surface area contributed by atoms with E-state index < -0.39 is 28.5 Å². The lowest BCUT2D eigenvalue weighted by Crippen LogP contribution is -2.53. The molecular weight excluding hydrogens is 650 g/mol. The van der Waals surface area contributed by atoms with Crippen molar-refractivity contribution in [3.63, 3.8) is 0 Å². The zero-order valence-electron chi connectivity index (χ0n) is 25.9. The summed E-state index contributed by atoms with van der Waals surface area (Å²) < 4.78 is 30.4. The average molecular weight is 691 g/mol. The second-order valence-electron chi connectivity index (χ2n) is 11.1. The summed E-state index contributed by atoms with van der Waals surface area (Å²) in [4.78, 5) is 30.0. The smallest absolute Gasteiger partial charge is 0.264 e. The highest BCUT2D eigenvalue weighted by Crippen LogP contribution is 2.28. The maximum atomic E-state index is 14.5. The molecule has 4 rings (SSSR count). The molecule has 0 aliphatic carbocycles. The third-order valence-corrected chi connectivity index (χ3v) is 9.94. The van der Waals surface area contributed by atoms with Gasteiger partial charge in [0.2, 0.25) is 11.8 Å². The molecule has 0 fully saturated rings. The van der Waals surface area contributed by atoms with Crippen molar-refractivity contribution in [1.82, 2.24) is 10.2 Å². The van der Waals surface area contributed by atoms with Crippen molar-refractivity contribution >= 4 is 43.5 Å². The van der Waals surface area contributed by atoms with Crippen molar-refractivity contribution < 1.29 is 18.0 Å². The van der Waals surface area contributed by atoms with Crippen LogP contribution in [0.4, 0.5) is 5.69 Å². The molecule has 4 aromatic rings. The van der Waals surface area contributed by atoms with Gasteiger partial charge in [0, 0.05) is 24.0 Å². The number of rotatable bonds is 14. The fourth-order valence-electron chi connectivity index (χ4n) is 5.04. The van der Waals surface area contributed by atoms with Gasteiger partial charge >= 0.3 is 0 Å². The molecule has 0 aliphatic heterocycles. The van der Waals surface area contributed by atoms with Crippen molar-refractivity contribution in [3.05, 3.63) is 130 Å². The van der Waals surface area contributed by atoms with E-state index in [1.165, 1.54) is 9.21 Å². The van der Waals surface area contributed by atoms with Crippen LogP contribution in [-0.2, 0) is 32.6 Å². The number of benzene rings is 4. The van der Waals surface area contributed by atoms with Gasteiger partial charge in [0.25, 0.3) is 10.0 Å². The van der Waals surface area contributed by atoms with E-state index in [2.05, 4.69) is 21.2 Å². The molecule has 0 heterocycles. The normalized spacial score (nSPS) is 11.9. The Labute approximate surface area is 275 Å². The van der Waals surface area contributed by atoms with Crippen molar-refractivity contribution in [3.8, 4) is 0 Å². The van der Waals surface area contributed by atoms with E-state index in [-0.39, 0.29) is 23.8 Å². The maximum absolute atomic E-state index is 14.5. The van der Waals surface area contributed by atoms with Gasteiger partial charge in [0.15, 0.2) is 0 Å². The minimum atomic E-state index is -4.14. The Balaban J connectivity index is 1.79. The Morgan fingerprint density at radius 3 is 2.11 bits per heavy atom. The summed E-state index contributed by atoms with van der Waals surface area (Å²) in [7, 11) is -4.14. The molecule has 0 aromatic heterocycles. The first-order valence-electron chi connectivity index (χ1n) is 15.1. The van der Waals surface area contributed by atoms with Crippen LogP contribution in [0.1, 0.15) is 42.0 Å².